The van der Waals surface area contributed by atoms with E-state index in [1.807, 2.05) is 52.0 Å². The summed E-state index contributed by atoms with van der Waals surface area (Å²) in [5, 5.41) is 9.41. The van der Waals surface area contributed by atoms with E-state index in [9.17, 15) is 19.5 Å². The van der Waals surface area contributed by atoms with Gasteiger partial charge in [-0.1, -0.05) is 12.2 Å². The predicted octanol–water partition coefficient (Wildman–Crippen LogP) is 3.56. The van der Waals surface area contributed by atoms with Crippen LogP contribution < -0.4 is 9.64 Å². The maximum absolute atomic E-state index is 14.3. The lowest BCUT2D eigenvalue weighted by molar-refractivity contribution is -0.151. The zero-order valence-corrected chi connectivity index (χ0v) is 24.9. The molecule has 1 N–H and O–H groups in total. The van der Waals surface area contributed by atoms with Crippen molar-refractivity contribution in [2.75, 3.05) is 37.7 Å². The van der Waals surface area contributed by atoms with Gasteiger partial charge in [-0.2, -0.15) is 0 Å². The van der Waals surface area contributed by atoms with Crippen LogP contribution in [0.3, 0.4) is 0 Å². The van der Waals surface area contributed by atoms with E-state index < -0.39 is 35.1 Å². The second kappa shape index (κ2) is 12.4. The Morgan fingerprint density at radius 3 is 2.41 bits per heavy atom. The standard InChI is InChI=1S/C32H45N3O6/c1-7-18-33(22-12-14-23(15-13-22)40-9-3)28(37)25-24-16-17-32(41-24)26(25)29(38)34(20-10-11-21-36)27(32)30(39)35(19-8-2)31(4,5)6/h7-8,12-15,24-27,36H,1-2,9-11,16-21H2,3-6H3/t24-,25+,26-,27?,32?/m0/s1. The largest absolute Gasteiger partial charge is 0.494 e. The number of amides is 3. The lowest BCUT2D eigenvalue weighted by Crippen LogP contribution is -2.60. The second-order valence-electron chi connectivity index (χ2n) is 12.1. The summed E-state index contributed by atoms with van der Waals surface area (Å²) in [6.45, 7) is 16.9. The highest BCUT2D eigenvalue weighted by Crippen LogP contribution is 2.59. The minimum atomic E-state index is -1.08. The smallest absolute Gasteiger partial charge is 0.249 e. The van der Waals surface area contributed by atoms with Crippen LogP contribution in [0, 0.1) is 11.8 Å². The summed E-state index contributed by atoms with van der Waals surface area (Å²) in [7, 11) is 0. The molecule has 4 rings (SSSR count). The molecule has 224 valence electrons. The van der Waals surface area contributed by atoms with Crippen LogP contribution in [0.4, 0.5) is 5.69 Å². The molecule has 9 heteroatoms. The van der Waals surface area contributed by atoms with E-state index in [4.69, 9.17) is 9.47 Å². The molecule has 3 aliphatic rings. The minimum Gasteiger partial charge on any atom is -0.494 e. The number of rotatable bonds is 13. The van der Waals surface area contributed by atoms with Crippen molar-refractivity contribution in [2.45, 2.75) is 76.7 Å². The summed E-state index contributed by atoms with van der Waals surface area (Å²) in [6.07, 6.45) is 5.08. The fourth-order valence-corrected chi connectivity index (χ4v) is 6.84. The molecule has 0 radical (unpaired) electrons. The quantitative estimate of drug-likeness (QED) is 0.289. The third-order valence-corrected chi connectivity index (χ3v) is 8.55. The van der Waals surface area contributed by atoms with Crippen LogP contribution in [0.5, 0.6) is 5.75 Å². The van der Waals surface area contributed by atoms with Crippen molar-refractivity contribution in [3.8, 4) is 5.75 Å². The molecular formula is C32H45N3O6. The van der Waals surface area contributed by atoms with E-state index in [1.54, 1.807) is 26.9 Å². The molecule has 3 fully saturated rings. The molecule has 5 atom stereocenters. The number of hydrogen-bond acceptors (Lipinski definition) is 6. The Hall–Kier alpha value is -3.17. The van der Waals surface area contributed by atoms with Gasteiger partial charge in [0.25, 0.3) is 0 Å². The molecule has 1 aromatic carbocycles. The van der Waals surface area contributed by atoms with Crippen LogP contribution in [0.15, 0.2) is 49.6 Å². The normalized spacial score (nSPS) is 26.6. The summed E-state index contributed by atoms with van der Waals surface area (Å²) in [5.74, 6) is -1.40. The van der Waals surface area contributed by atoms with Gasteiger partial charge in [0.2, 0.25) is 17.7 Å². The number of anilines is 1. The van der Waals surface area contributed by atoms with Crippen molar-refractivity contribution < 1.29 is 29.0 Å². The topological polar surface area (TPSA) is 99.6 Å². The van der Waals surface area contributed by atoms with Crippen LogP contribution in [0.25, 0.3) is 0 Å². The van der Waals surface area contributed by atoms with E-state index in [2.05, 4.69) is 13.2 Å². The van der Waals surface area contributed by atoms with Gasteiger partial charge in [0.05, 0.1) is 24.5 Å². The van der Waals surface area contributed by atoms with Crippen molar-refractivity contribution in [3.05, 3.63) is 49.6 Å². The van der Waals surface area contributed by atoms with Gasteiger partial charge >= 0.3 is 0 Å². The van der Waals surface area contributed by atoms with Crippen LogP contribution in [0.2, 0.25) is 0 Å². The first-order valence-corrected chi connectivity index (χ1v) is 14.7. The van der Waals surface area contributed by atoms with E-state index in [0.717, 1.165) is 0 Å². The van der Waals surface area contributed by atoms with Gasteiger partial charge in [0.15, 0.2) is 0 Å². The van der Waals surface area contributed by atoms with Crippen molar-refractivity contribution in [1.29, 1.82) is 0 Å². The fourth-order valence-electron chi connectivity index (χ4n) is 6.84. The zero-order valence-electron chi connectivity index (χ0n) is 24.9. The molecule has 2 bridgehead atoms. The molecule has 9 nitrogen and oxygen atoms in total. The lowest BCUT2D eigenvalue weighted by Gasteiger charge is -2.42. The number of likely N-dealkylation sites (tertiary alicyclic amines) is 1. The van der Waals surface area contributed by atoms with Gasteiger partial charge in [-0.05, 0) is 77.6 Å². The average Bonchev–Trinajstić information content (AvgIpc) is 3.57. The average molecular weight is 568 g/mol. The molecule has 41 heavy (non-hydrogen) atoms. The highest BCUT2D eigenvalue weighted by Gasteiger charge is 2.75. The summed E-state index contributed by atoms with van der Waals surface area (Å²) < 4.78 is 12.2. The van der Waals surface area contributed by atoms with E-state index in [-0.39, 0.29) is 30.9 Å². The molecular weight excluding hydrogens is 522 g/mol. The van der Waals surface area contributed by atoms with Crippen LogP contribution in [-0.4, -0.2) is 88.8 Å². The number of nitrogens with zero attached hydrogens (tertiary/aromatic N) is 3. The Kier molecular flexibility index (Phi) is 9.29. The summed E-state index contributed by atoms with van der Waals surface area (Å²) in [4.78, 5) is 47.9. The molecule has 1 aromatic rings. The number of ether oxygens (including phenoxy) is 2. The van der Waals surface area contributed by atoms with Gasteiger partial charge < -0.3 is 29.3 Å². The van der Waals surface area contributed by atoms with Crippen molar-refractivity contribution in [1.82, 2.24) is 9.80 Å². The molecule has 3 heterocycles. The number of unbranched alkanes of at least 4 members (excludes halogenated alkanes) is 1. The summed E-state index contributed by atoms with van der Waals surface area (Å²) >= 11 is 0. The Bertz CT molecular complexity index is 1150. The Balaban J connectivity index is 1.72. The highest BCUT2D eigenvalue weighted by molar-refractivity contribution is 6.03. The molecule has 3 saturated heterocycles. The number of fused-ring (bicyclic) bond motifs is 1. The van der Waals surface area contributed by atoms with Gasteiger partial charge in [-0.15, -0.1) is 13.2 Å². The monoisotopic (exact) mass is 567 g/mol. The number of carbonyl (C=O) groups is 3. The minimum absolute atomic E-state index is 0.00191. The number of carbonyl (C=O) groups excluding carboxylic acids is 3. The number of benzene rings is 1. The first-order chi connectivity index (χ1) is 19.5. The van der Waals surface area contributed by atoms with E-state index in [0.29, 0.717) is 56.8 Å². The van der Waals surface area contributed by atoms with Crippen molar-refractivity contribution in [3.63, 3.8) is 0 Å². The maximum atomic E-state index is 14.3. The van der Waals surface area contributed by atoms with Crippen molar-refractivity contribution >= 4 is 23.4 Å². The summed E-state index contributed by atoms with van der Waals surface area (Å²) in [5.41, 5.74) is -0.917. The number of aliphatic hydroxyl groups excluding tert-OH is 1. The lowest BCUT2D eigenvalue weighted by atomic mass is 9.70. The summed E-state index contributed by atoms with van der Waals surface area (Å²) in [6, 6.07) is 6.45. The van der Waals surface area contributed by atoms with Gasteiger partial charge in [0.1, 0.15) is 17.4 Å². The predicted molar refractivity (Wildman–Crippen MR) is 157 cm³/mol. The third kappa shape index (κ3) is 5.54. The first-order valence-electron chi connectivity index (χ1n) is 14.7. The van der Waals surface area contributed by atoms with Crippen molar-refractivity contribution in [2.24, 2.45) is 11.8 Å². The molecule has 2 unspecified atom stereocenters. The van der Waals surface area contributed by atoms with E-state index in [1.165, 1.54) is 0 Å². The third-order valence-electron chi connectivity index (χ3n) is 8.55. The van der Waals surface area contributed by atoms with Gasteiger partial charge in [-0.25, -0.2) is 0 Å². The van der Waals surface area contributed by atoms with Crippen LogP contribution in [0.1, 0.15) is 53.4 Å². The fraction of sp³-hybridized carbons (Fsp3) is 0.594. The Morgan fingerprint density at radius 1 is 1.15 bits per heavy atom. The molecule has 3 aliphatic heterocycles. The van der Waals surface area contributed by atoms with Crippen LogP contribution in [-0.2, 0) is 19.1 Å². The Labute approximate surface area is 243 Å². The van der Waals surface area contributed by atoms with Crippen LogP contribution >= 0.6 is 0 Å². The number of hydrogen-bond donors (Lipinski definition) is 1. The van der Waals surface area contributed by atoms with E-state index >= 15 is 0 Å². The highest BCUT2D eigenvalue weighted by atomic mass is 16.5. The molecule has 0 saturated carbocycles. The molecule has 3 amide bonds. The Morgan fingerprint density at radius 2 is 1.83 bits per heavy atom. The second-order valence-corrected chi connectivity index (χ2v) is 12.1. The maximum Gasteiger partial charge on any atom is 0.249 e. The molecule has 1 spiro atoms. The SMILES string of the molecule is C=CCN(C(=O)[C@@H]1[C@@H]2CCC3(O2)C(C(=O)N(CC=C)C(C)(C)C)N(CCCCO)C(=O)[C@H]13)c1ccc(OCC)cc1. The van der Waals surface area contributed by atoms with Gasteiger partial charge in [-0.3, -0.25) is 14.4 Å². The number of aliphatic hydroxyl groups is 1. The molecule has 0 aromatic heterocycles. The zero-order chi connectivity index (χ0) is 29.9. The first kappa shape index (κ1) is 30.8. The van der Waals surface area contributed by atoms with Gasteiger partial charge in [0, 0.05) is 37.5 Å². The molecule has 0 aliphatic carbocycles.